The number of urea groups is 1. The molecule has 0 aromatic heterocycles. The zero-order valence-corrected chi connectivity index (χ0v) is 14.9. The van der Waals surface area contributed by atoms with Crippen molar-refractivity contribution >= 4 is 23.5 Å². The number of benzene rings is 2. The molecule has 1 heterocycles. The lowest BCUT2D eigenvalue weighted by Gasteiger charge is -2.19. The summed E-state index contributed by atoms with van der Waals surface area (Å²) >= 11 is 0. The molecular formula is C20H21N3O3. The molecule has 0 spiro atoms. The van der Waals surface area contributed by atoms with Gasteiger partial charge < -0.3 is 10.2 Å². The number of rotatable bonds is 5. The maximum Gasteiger partial charge on any atom is 0.317 e. The Morgan fingerprint density at radius 1 is 0.923 bits per heavy atom. The average Bonchev–Trinajstić information content (AvgIpc) is 2.93. The molecule has 0 saturated carbocycles. The SMILES string of the molecule is CCN(CC)C(=O)NCc1ccc(N2C(=O)c3ccccc3C2=O)cc1. The molecule has 26 heavy (non-hydrogen) atoms. The molecule has 2 aromatic carbocycles. The van der Waals surface area contributed by atoms with Crippen molar-refractivity contribution in [3.8, 4) is 0 Å². The van der Waals surface area contributed by atoms with Crippen molar-refractivity contribution in [2.24, 2.45) is 0 Å². The standard InChI is InChI=1S/C20H21N3O3/c1-3-22(4-2)20(26)21-13-14-9-11-15(12-10-14)23-18(24)16-7-5-6-8-17(16)19(23)25/h5-12H,3-4,13H2,1-2H3,(H,21,26). The molecule has 6 nitrogen and oxygen atoms in total. The predicted molar refractivity (Wildman–Crippen MR) is 99.2 cm³/mol. The molecule has 6 heteroatoms. The van der Waals surface area contributed by atoms with Crippen molar-refractivity contribution in [3.05, 3.63) is 65.2 Å². The molecule has 1 aliphatic heterocycles. The number of anilines is 1. The van der Waals surface area contributed by atoms with Crippen molar-refractivity contribution in [1.82, 2.24) is 10.2 Å². The summed E-state index contributed by atoms with van der Waals surface area (Å²) in [6.07, 6.45) is 0. The number of amides is 4. The number of hydrogen-bond acceptors (Lipinski definition) is 3. The quantitative estimate of drug-likeness (QED) is 0.842. The summed E-state index contributed by atoms with van der Waals surface area (Å²) in [6, 6.07) is 13.8. The Hall–Kier alpha value is -3.15. The Labute approximate surface area is 152 Å². The van der Waals surface area contributed by atoms with Crippen LogP contribution < -0.4 is 10.2 Å². The van der Waals surface area contributed by atoms with E-state index in [1.54, 1.807) is 53.4 Å². The van der Waals surface area contributed by atoms with Crippen LogP contribution in [-0.2, 0) is 6.54 Å². The van der Waals surface area contributed by atoms with Crippen LogP contribution in [0.5, 0.6) is 0 Å². The topological polar surface area (TPSA) is 69.7 Å². The van der Waals surface area contributed by atoms with Crippen molar-refractivity contribution in [2.75, 3.05) is 18.0 Å². The number of carbonyl (C=O) groups is 3. The van der Waals surface area contributed by atoms with Gasteiger partial charge in [-0.1, -0.05) is 24.3 Å². The van der Waals surface area contributed by atoms with Crippen molar-refractivity contribution in [1.29, 1.82) is 0 Å². The number of hydrogen-bond donors (Lipinski definition) is 1. The molecule has 2 aromatic rings. The minimum absolute atomic E-state index is 0.112. The van der Waals surface area contributed by atoms with Gasteiger partial charge >= 0.3 is 6.03 Å². The zero-order chi connectivity index (χ0) is 18.7. The highest BCUT2D eigenvalue weighted by molar-refractivity contribution is 6.34. The smallest absolute Gasteiger partial charge is 0.317 e. The van der Waals surface area contributed by atoms with Crippen LogP contribution in [0.3, 0.4) is 0 Å². The number of fused-ring (bicyclic) bond motifs is 1. The lowest BCUT2D eigenvalue weighted by molar-refractivity contribution is 0.0926. The Balaban J connectivity index is 1.70. The molecule has 0 saturated heterocycles. The second kappa shape index (κ2) is 7.39. The van der Waals surface area contributed by atoms with Crippen LogP contribution in [0.1, 0.15) is 40.1 Å². The van der Waals surface area contributed by atoms with E-state index in [0.29, 0.717) is 36.4 Å². The Kier molecular flexibility index (Phi) is 5.02. The number of nitrogens with zero attached hydrogens (tertiary/aromatic N) is 2. The Morgan fingerprint density at radius 3 is 1.96 bits per heavy atom. The summed E-state index contributed by atoms with van der Waals surface area (Å²) in [7, 11) is 0. The summed E-state index contributed by atoms with van der Waals surface area (Å²) in [4.78, 5) is 39.9. The van der Waals surface area contributed by atoms with Gasteiger partial charge in [0.15, 0.2) is 0 Å². The average molecular weight is 351 g/mol. The van der Waals surface area contributed by atoms with E-state index in [1.165, 1.54) is 4.90 Å². The molecule has 4 amide bonds. The van der Waals surface area contributed by atoms with Crippen molar-refractivity contribution < 1.29 is 14.4 Å². The van der Waals surface area contributed by atoms with E-state index in [-0.39, 0.29) is 17.8 Å². The molecule has 0 bridgehead atoms. The van der Waals surface area contributed by atoms with Gasteiger partial charge in [-0.3, -0.25) is 9.59 Å². The van der Waals surface area contributed by atoms with Gasteiger partial charge in [-0.15, -0.1) is 0 Å². The first-order valence-electron chi connectivity index (χ1n) is 8.66. The maximum atomic E-state index is 12.5. The summed E-state index contributed by atoms with van der Waals surface area (Å²) in [5.41, 5.74) is 2.27. The van der Waals surface area contributed by atoms with Gasteiger partial charge in [-0.25, -0.2) is 9.69 Å². The fraction of sp³-hybridized carbons (Fsp3) is 0.250. The first-order chi connectivity index (χ1) is 12.6. The molecule has 1 aliphatic rings. The van der Waals surface area contributed by atoms with Crippen LogP contribution >= 0.6 is 0 Å². The highest BCUT2D eigenvalue weighted by Crippen LogP contribution is 2.28. The van der Waals surface area contributed by atoms with E-state index in [1.807, 2.05) is 13.8 Å². The second-order valence-corrected chi connectivity index (χ2v) is 5.99. The largest absolute Gasteiger partial charge is 0.334 e. The second-order valence-electron chi connectivity index (χ2n) is 5.99. The lowest BCUT2D eigenvalue weighted by atomic mass is 10.1. The van der Waals surface area contributed by atoms with Gasteiger partial charge in [0.05, 0.1) is 16.8 Å². The monoisotopic (exact) mass is 351 g/mol. The molecule has 0 aliphatic carbocycles. The first-order valence-corrected chi connectivity index (χ1v) is 8.66. The molecule has 3 rings (SSSR count). The number of carbonyl (C=O) groups excluding carboxylic acids is 3. The van der Waals surface area contributed by atoms with Crippen LogP contribution in [0.4, 0.5) is 10.5 Å². The van der Waals surface area contributed by atoms with Crippen LogP contribution in [0.15, 0.2) is 48.5 Å². The third kappa shape index (κ3) is 3.18. The van der Waals surface area contributed by atoms with Crippen LogP contribution in [0.25, 0.3) is 0 Å². The number of nitrogens with one attached hydrogen (secondary N) is 1. The third-order valence-corrected chi connectivity index (χ3v) is 4.48. The van der Waals surface area contributed by atoms with Crippen molar-refractivity contribution in [2.45, 2.75) is 20.4 Å². The van der Waals surface area contributed by atoms with Crippen molar-refractivity contribution in [3.63, 3.8) is 0 Å². The van der Waals surface area contributed by atoms with E-state index in [4.69, 9.17) is 0 Å². The minimum atomic E-state index is -0.312. The molecule has 1 N–H and O–H groups in total. The molecule has 0 atom stereocenters. The minimum Gasteiger partial charge on any atom is -0.334 e. The van der Waals surface area contributed by atoms with E-state index >= 15 is 0 Å². The van der Waals surface area contributed by atoms with E-state index in [9.17, 15) is 14.4 Å². The summed E-state index contributed by atoms with van der Waals surface area (Å²) in [6.45, 7) is 5.56. The molecular weight excluding hydrogens is 330 g/mol. The lowest BCUT2D eigenvalue weighted by Crippen LogP contribution is -2.39. The van der Waals surface area contributed by atoms with Gasteiger partial charge in [-0.2, -0.15) is 0 Å². The normalized spacial score (nSPS) is 12.9. The predicted octanol–water partition coefficient (Wildman–Crippen LogP) is 3.04. The molecule has 0 fully saturated rings. The van der Waals surface area contributed by atoms with Crippen LogP contribution in [-0.4, -0.2) is 35.8 Å². The third-order valence-electron chi connectivity index (χ3n) is 4.48. The highest BCUT2D eigenvalue weighted by Gasteiger charge is 2.36. The van der Waals surface area contributed by atoms with E-state index in [0.717, 1.165) is 5.56 Å². The van der Waals surface area contributed by atoms with Gasteiger partial charge in [0.1, 0.15) is 0 Å². The zero-order valence-electron chi connectivity index (χ0n) is 14.9. The van der Waals surface area contributed by atoms with Gasteiger partial charge in [-0.05, 0) is 43.7 Å². The Bertz CT molecular complexity index is 807. The fourth-order valence-corrected chi connectivity index (χ4v) is 2.99. The van der Waals surface area contributed by atoms with Gasteiger partial charge in [0.2, 0.25) is 0 Å². The summed E-state index contributed by atoms with van der Waals surface area (Å²) < 4.78 is 0. The maximum absolute atomic E-state index is 12.5. The van der Waals surface area contributed by atoms with E-state index < -0.39 is 0 Å². The molecule has 134 valence electrons. The van der Waals surface area contributed by atoms with Gasteiger partial charge in [0.25, 0.3) is 11.8 Å². The Morgan fingerprint density at radius 2 is 1.46 bits per heavy atom. The molecule has 0 unspecified atom stereocenters. The van der Waals surface area contributed by atoms with Gasteiger partial charge in [0, 0.05) is 19.6 Å². The van der Waals surface area contributed by atoms with Crippen LogP contribution in [0, 0.1) is 0 Å². The summed E-state index contributed by atoms with van der Waals surface area (Å²) in [5.74, 6) is -0.624. The fourth-order valence-electron chi connectivity index (χ4n) is 2.99. The summed E-state index contributed by atoms with van der Waals surface area (Å²) in [5, 5.41) is 2.86. The van der Waals surface area contributed by atoms with Crippen LogP contribution in [0.2, 0.25) is 0 Å². The highest BCUT2D eigenvalue weighted by atomic mass is 16.2. The molecule has 0 radical (unpaired) electrons. The van der Waals surface area contributed by atoms with E-state index in [2.05, 4.69) is 5.32 Å². The number of imide groups is 1. The first kappa shape index (κ1) is 17.7.